The van der Waals surface area contributed by atoms with E-state index in [1.807, 2.05) is 0 Å². The highest BCUT2D eigenvalue weighted by Gasteiger charge is 2.13. The molecule has 0 amide bonds. The quantitative estimate of drug-likeness (QED) is 0.913. The summed E-state index contributed by atoms with van der Waals surface area (Å²) >= 11 is 5.89. The number of benzene rings is 1. The van der Waals surface area contributed by atoms with Gasteiger partial charge in [0.1, 0.15) is 5.82 Å². The van der Waals surface area contributed by atoms with Crippen LogP contribution >= 0.6 is 11.6 Å². The van der Waals surface area contributed by atoms with Gasteiger partial charge in [-0.1, -0.05) is 22.8 Å². The Balaban J connectivity index is 2.09. The van der Waals surface area contributed by atoms with Gasteiger partial charge in [-0.25, -0.2) is 4.39 Å². The second kappa shape index (κ2) is 5.79. The van der Waals surface area contributed by atoms with Gasteiger partial charge in [-0.05, 0) is 12.1 Å². The predicted octanol–water partition coefficient (Wildman–Crippen LogP) is 2.47. The zero-order valence-corrected chi connectivity index (χ0v) is 10.5. The van der Waals surface area contributed by atoms with E-state index in [0.717, 1.165) is 0 Å². The molecule has 7 heteroatoms. The van der Waals surface area contributed by atoms with Crippen molar-refractivity contribution in [3.8, 4) is 0 Å². The molecule has 5 nitrogen and oxygen atoms in total. The number of halogens is 2. The van der Waals surface area contributed by atoms with Crippen molar-refractivity contribution >= 4 is 17.6 Å². The minimum Gasteiger partial charge on any atom is -0.481 e. The Morgan fingerprint density at radius 1 is 1.47 bits per heavy atom. The molecule has 0 aliphatic heterocycles. The molecule has 19 heavy (non-hydrogen) atoms. The van der Waals surface area contributed by atoms with Gasteiger partial charge in [0.2, 0.25) is 5.89 Å². The first-order valence-corrected chi connectivity index (χ1v) is 5.90. The lowest BCUT2D eigenvalue weighted by molar-refractivity contribution is -0.137. The average Bonchev–Trinajstić information content (AvgIpc) is 2.79. The number of hydrogen-bond donors (Lipinski definition) is 1. The fourth-order valence-corrected chi connectivity index (χ4v) is 1.77. The summed E-state index contributed by atoms with van der Waals surface area (Å²) in [4.78, 5) is 14.4. The van der Waals surface area contributed by atoms with Crippen LogP contribution in [-0.2, 0) is 17.6 Å². The highest BCUT2D eigenvalue weighted by atomic mass is 35.5. The van der Waals surface area contributed by atoms with Crippen LogP contribution in [0.15, 0.2) is 22.7 Å². The zero-order valence-electron chi connectivity index (χ0n) is 9.77. The van der Waals surface area contributed by atoms with E-state index in [0.29, 0.717) is 0 Å². The van der Waals surface area contributed by atoms with Crippen molar-refractivity contribution < 1.29 is 18.8 Å². The summed E-state index contributed by atoms with van der Waals surface area (Å²) in [5.74, 6) is -0.904. The molecule has 0 aliphatic carbocycles. The molecule has 1 heterocycles. The smallest absolute Gasteiger partial charge is 0.303 e. The van der Waals surface area contributed by atoms with Gasteiger partial charge in [0.05, 0.1) is 6.42 Å². The molecule has 2 aromatic rings. The molecular formula is C12H10ClFN2O3. The third-order valence-electron chi connectivity index (χ3n) is 2.46. The Hall–Kier alpha value is -1.95. The van der Waals surface area contributed by atoms with E-state index < -0.39 is 11.8 Å². The number of aliphatic carboxylic acids is 1. The molecule has 0 spiro atoms. The lowest BCUT2D eigenvalue weighted by atomic mass is 10.1. The third-order valence-corrected chi connectivity index (χ3v) is 2.81. The Labute approximate surface area is 113 Å². The Bertz CT molecular complexity index is 580. The van der Waals surface area contributed by atoms with Crippen LogP contribution in [0.4, 0.5) is 4.39 Å². The van der Waals surface area contributed by atoms with Crippen molar-refractivity contribution in [3.63, 3.8) is 0 Å². The standard InChI is InChI=1S/C12H10ClFN2O3/c13-8-2-1-3-9(14)7(8)6-10-15-11(19-16-10)4-5-12(17)18/h1-3H,4-6H2,(H,17,18). The number of aromatic nitrogens is 2. The second-order valence-electron chi connectivity index (χ2n) is 3.88. The number of hydrogen-bond acceptors (Lipinski definition) is 4. The molecule has 0 bridgehead atoms. The first kappa shape index (κ1) is 13.5. The summed E-state index contributed by atoms with van der Waals surface area (Å²) in [5, 5.41) is 12.5. The molecule has 0 fully saturated rings. The van der Waals surface area contributed by atoms with E-state index in [9.17, 15) is 9.18 Å². The van der Waals surface area contributed by atoms with E-state index in [-0.39, 0.29) is 41.6 Å². The summed E-state index contributed by atoms with van der Waals surface area (Å²) in [6, 6.07) is 4.38. The summed E-state index contributed by atoms with van der Waals surface area (Å²) in [6.45, 7) is 0. The maximum atomic E-state index is 13.5. The van der Waals surface area contributed by atoms with Crippen LogP contribution < -0.4 is 0 Å². The first-order chi connectivity index (χ1) is 9.06. The van der Waals surface area contributed by atoms with E-state index in [1.165, 1.54) is 12.1 Å². The first-order valence-electron chi connectivity index (χ1n) is 5.52. The number of carboxylic acids is 1. The third kappa shape index (κ3) is 3.51. The van der Waals surface area contributed by atoms with Crippen molar-refractivity contribution in [1.29, 1.82) is 0 Å². The fourth-order valence-electron chi connectivity index (χ4n) is 1.54. The second-order valence-corrected chi connectivity index (χ2v) is 4.28. The molecule has 1 N–H and O–H groups in total. The summed E-state index contributed by atoms with van der Waals surface area (Å²) in [5.41, 5.74) is 0.287. The number of carboxylic acid groups (broad SMARTS) is 1. The minimum absolute atomic E-state index is 0.0952. The van der Waals surface area contributed by atoms with Gasteiger partial charge in [-0.3, -0.25) is 4.79 Å². The molecule has 0 radical (unpaired) electrons. The highest BCUT2D eigenvalue weighted by Crippen LogP contribution is 2.21. The largest absolute Gasteiger partial charge is 0.481 e. The van der Waals surface area contributed by atoms with Crippen molar-refractivity contribution in [1.82, 2.24) is 10.1 Å². The van der Waals surface area contributed by atoms with E-state index in [1.54, 1.807) is 6.07 Å². The number of aryl methyl sites for hydroxylation is 1. The van der Waals surface area contributed by atoms with Crippen LogP contribution in [0.3, 0.4) is 0 Å². The van der Waals surface area contributed by atoms with E-state index in [4.69, 9.17) is 21.2 Å². The molecule has 2 rings (SSSR count). The molecule has 0 saturated heterocycles. The molecule has 1 aromatic carbocycles. The average molecular weight is 285 g/mol. The lowest BCUT2D eigenvalue weighted by Gasteiger charge is -2.01. The summed E-state index contributed by atoms with van der Waals surface area (Å²) < 4.78 is 18.4. The molecule has 1 aromatic heterocycles. The lowest BCUT2D eigenvalue weighted by Crippen LogP contribution is -1.99. The van der Waals surface area contributed by atoms with Crippen LogP contribution in [0.25, 0.3) is 0 Å². The maximum Gasteiger partial charge on any atom is 0.303 e. The number of nitrogens with zero attached hydrogens (tertiary/aromatic N) is 2. The van der Waals surface area contributed by atoms with Crippen LogP contribution in [0, 0.1) is 5.82 Å². The van der Waals surface area contributed by atoms with Gasteiger partial charge in [0, 0.05) is 23.4 Å². The van der Waals surface area contributed by atoms with Gasteiger partial charge in [-0.2, -0.15) is 4.98 Å². The summed E-state index contributed by atoms with van der Waals surface area (Å²) in [6.07, 6.45) is 0.150. The van der Waals surface area contributed by atoms with Crippen LogP contribution in [-0.4, -0.2) is 21.2 Å². The van der Waals surface area contributed by atoms with Gasteiger partial charge >= 0.3 is 5.97 Å². The maximum absolute atomic E-state index is 13.5. The molecule has 100 valence electrons. The predicted molar refractivity (Wildman–Crippen MR) is 64.5 cm³/mol. The molecule has 0 unspecified atom stereocenters. The zero-order chi connectivity index (χ0) is 13.8. The van der Waals surface area contributed by atoms with Gasteiger partial charge < -0.3 is 9.63 Å². The van der Waals surface area contributed by atoms with E-state index >= 15 is 0 Å². The Kier molecular flexibility index (Phi) is 4.11. The molecular weight excluding hydrogens is 275 g/mol. The van der Waals surface area contributed by atoms with Crippen molar-refractivity contribution in [3.05, 3.63) is 46.3 Å². The molecule has 0 saturated carbocycles. The number of carbonyl (C=O) groups is 1. The van der Waals surface area contributed by atoms with E-state index in [2.05, 4.69) is 10.1 Å². The Morgan fingerprint density at radius 2 is 2.26 bits per heavy atom. The fraction of sp³-hybridized carbons (Fsp3) is 0.250. The van der Waals surface area contributed by atoms with Gasteiger partial charge in [0.25, 0.3) is 0 Å². The van der Waals surface area contributed by atoms with Gasteiger partial charge in [-0.15, -0.1) is 0 Å². The van der Waals surface area contributed by atoms with Gasteiger partial charge in [0.15, 0.2) is 5.82 Å². The normalized spacial score (nSPS) is 10.6. The molecule has 0 aliphatic rings. The topological polar surface area (TPSA) is 76.2 Å². The van der Waals surface area contributed by atoms with Crippen molar-refractivity contribution in [2.24, 2.45) is 0 Å². The SMILES string of the molecule is O=C(O)CCc1nc(Cc2c(F)cccc2Cl)no1. The Morgan fingerprint density at radius 3 is 2.95 bits per heavy atom. The summed E-state index contributed by atoms with van der Waals surface area (Å²) in [7, 11) is 0. The highest BCUT2D eigenvalue weighted by molar-refractivity contribution is 6.31. The van der Waals surface area contributed by atoms with Crippen LogP contribution in [0.1, 0.15) is 23.7 Å². The number of rotatable bonds is 5. The minimum atomic E-state index is -0.947. The van der Waals surface area contributed by atoms with Crippen molar-refractivity contribution in [2.75, 3.05) is 0 Å². The van der Waals surface area contributed by atoms with Crippen LogP contribution in [0.2, 0.25) is 5.02 Å². The molecule has 0 atom stereocenters. The van der Waals surface area contributed by atoms with Crippen molar-refractivity contribution in [2.45, 2.75) is 19.3 Å². The monoisotopic (exact) mass is 284 g/mol. The van der Waals surface area contributed by atoms with Crippen LogP contribution in [0.5, 0.6) is 0 Å².